The lowest BCUT2D eigenvalue weighted by atomic mass is 10.1. The van der Waals surface area contributed by atoms with Crippen molar-refractivity contribution in [3.8, 4) is 0 Å². The Labute approximate surface area is 123 Å². The van der Waals surface area contributed by atoms with Crippen LogP contribution in [0.15, 0.2) is 18.2 Å². The van der Waals surface area contributed by atoms with E-state index < -0.39 is 5.91 Å². The summed E-state index contributed by atoms with van der Waals surface area (Å²) in [5.74, 6) is -0.761. The number of hydrogen-bond acceptors (Lipinski definition) is 3. The number of primary amides is 1. The Morgan fingerprint density at radius 1 is 1.40 bits per heavy atom. The highest BCUT2D eigenvalue weighted by atomic mass is 32.1. The average molecular weight is 297 g/mol. The third kappa shape index (κ3) is 5.22. The summed E-state index contributed by atoms with van der Waals surface area (Å²) >= 11 is 4.89. The second kappa shape index (κ2) is 7.91. The molecule has 0 aromatic heterocycles. The smallest absolute Gasteiger partial charge is 0.231 e. The molecule has 0 aliphatic heterocycles. The van der Waals surface area contributed by atoms with Crippen molar-refractivity contribution in [3.05, 3.63) is 35.1 Å². The molecule has 20 heavy (non-hydrogen) atoms. The van der Waals surface area contributed by atoms with Crippen molar-refractivity contribution in [2.24, 2.45) is 11.5 Å². The van der Waals surface area contributed by atoms with Gasteiger partial charge >= 0.3 is 0 Å². The monoisotopic (exact) mass is 297 g/mol. The third-order valence-electron chi connectivity index (χ3n) is 2.93. The molecule has 0 unspecified atom stereocenters. The first-order valence-corrected chi connectivity index (χ1v) is 6.93. The number of carbonyl (C=O) groups is 1. The average Bonchev–Trinajstić information content (AvgIpc) is 2.37. The fourth-order valence-electron chi connectivity index (χ4n) is 1.91. The Balaban J connectivity index is 2.88. The minimum atomic E-state index is -0.424. The molecule has 0 atom stereocenters. The van der Waals surface area contributed by atoms with E-state index >= 15 is 0 Å². The van der Waals surface area contributed by atoms with Gasteiger partial charge in [-0.3, -0.25) is 9.69 Å². The van der Waals surface area contributed by atoms with Gasteiger partial charge in [-0.1, -0.05) is 25.6 Å². The highest BCUT2D eigenvalue weighted by molar-refractivity contribution is 7.80. The standard InChI is InChI=1S/C14H20FN3OS/c1-2-3-6-18(9-13(16)19)8-11-7-10(14(17)20)4-5-12(11)15/h4-5,7H,2-3,6,8-9H2,1H3,(H2,16,19)(H2,17,20). The molecular formula is C14H20FN3OS. The Kier molecular flexibility index (Phi) is 6.54. The topological polar surface area (TPSA) is 72.3 Å². The second-order valence-corrected chi connectivity index (χ2v) is 5.14. The molecule has 0 radical (unpaired) electrons. The van der Waals surface area contributed by atoms with Gasteiger partial charge in [-0.25, -0.2) is 4.39 Å². The highest BCUT2D eigenvalue weighted by Crippen LogP contribution is 2.14. The SMILES string of the molecule is CCCCN(CC(N)=O)Cc1cc(C(N)=S)ccc1F. The van der Waals surface area contributed by atoms with Gasteiger partial charge in [0, 0.05) is 17.7 Å². The van der Waals surface area contributed by atoms with Gasteiger partial charge in [0.15, 0.2) is 0 Å². The fraction of sp³-hybridized carbons (Fsp3) is 0.429. The molecule has 1 aromatic carbocycles. The number of unbranched alkanes of at least 4 members (excludes halogenated alkanes) is 1. The lowest BCUT2D eigenvalue weighted by molar-refractivity contribution is -0.119. The molecule has 0 bridgehead atoms. The maximum Gasteiger partial charge on any atom is 0.231 e. The van der Waals surface area contributed by atoms with Crippen molar-refractivity contribution in [2.75, 3.05) is 13.1 Å². The summed E-state index contributed by atoms with van der Waals surface area (Å²) < 4.78 is 13.8. The zero-order valence-electron chi connectivity index (χ0n) is 11.6. The molecule has 0 aliphatic carbocycles. The van der Waals surface area contributed by atoms with Crippen molar-refractivity contribution in [1.29, 1.82) is 0 Å². The van der Waals surface area contributed by atoms with Gasteiger partial charge in [0.05, 0.1) is 6.54 Å². The largest absolute Gasteiger partial charge is 0.389 e. The number of hydrogen-bond donors (Lipinski definition) is 2. The summed E-state index contributed by atoms with van der Waals surface area (Å²) in [5, 5.41) is 0. The van der Waals surface area contributed by atoms with E-state index in [0.29, 0.717) is 24.2 Å². The van der Waals surface area contributed by atoms with Crippen LogP contribution in [0.2, 0.25) is 0 Å². The molecule has 0 heterocycles. The number of nitrogens with zero attached hydrogens (tertiary/aromatic N) is 1. The molecular weight excluding hydrogens is 277 g/mol. The summed E-state index contributed by atoms with van der Waals surface area (Å²) in [7, 11) is 0. The Hall–Kier alpha value is -1.53. The van der Waals surface area contributed by atoms with Crippen LogP contribution in [0, 0.1) is 5.82 Å². The van der Waals surface area contributed by atoms with Crippen LogP contribution in [0.5, 0.6) is 0 Å². The summed E-state index contributed by atoms with van der Waals surface area (Å²) in [4.78, 5) is 13.1. The van der Waals surface area contributed by atoms with E-state index in [1.54, 1.807) is 12.1 Å². The van der Waals surface area contributed by atoms with E-state index in [4.69, 9.17) is 23.7 Å². The van der Waals surface area contributed by atoms with Crippen molar-refractivity contribution >= 4 is 23.1 Å². The van der Waals surface area contributed by atoms with E-state index in [2.05, 4.69) is 6.92 Å². The zero-order chi connectivity index (χ0) is 15.1. The number of amides is 1. The summed E-state index contributed by atoms with van der Waals surface area (Å²) in [5.41, 5.74) is 11.8. The van der Waals surface area contributed by atoms with Crippen LogP contribution >= 0.6 is 12.2 Å². The number of thiocarbonyl (C=S) groups is 1. The van der Waals surface area contributed by atoms with Crippen LogP contribution in [0.4, 0.5) is 4.39 Å². The number of nitrogens with two attached hydrogens (primary N) is 2. The van der Waals surface area contributed by atoms with Gasteiger partial charge in [-0.2, -0.15) is 0 Å². The lowest BCUT2D eigenvalue weighted by Crippen LogP contribution is -2.34. The van der Waals surface area contributed by atoms with Gasteiger partial charge in [-0.05, 0) is 31.2 Å². The van der Waals surface area contributed by atoms with E-state index in [0.717, 1.165) is 12.8 Å². The summed E-state index contributed by atoms with van der Waals surface area (Å²) in [6.45, 7) is 3.16. The lowest BCUT2D eigenvalue weighted by Gasteiger charge is -2.21. The van der Waals surface area contributed by atoms with E-state index in [9.17, 15) is 9.18 Å². The number of rotatable bonds is 8. The normalized spacial score (nSPS) is 10.8. The molecule has 110 valence electrons. The van der Waals surface area contributed by atoms with E-state index in [-0.39, 0.29) is 17.4 Å². The van der Waals surface area contributed by atoms with Crippen LogP contribution in [-0.2, 0) is 11.3 Å². The van der Waals surface area contributed by atoms with Gasteiger partial charge in [0.2, 0.25) is 5.91 Å². The third-order valence-corrected chi connectivity index (χ3v) is 3.17. The molecule has 0 fully saturated rings. The Bertz CT molecular complexity index is 493. The van der Waals surface area contributed by atoms with Gasteiger partial charge in [0.25, 0.3) is 0 Å². The van der Waals surface area contributed by atoms with E-state index in [1.165, 1.54) is 6.07 Å². The maximum absolute atomic E-state index is 13.8. The van der Waals surface area contributed by atoms with Crippen molar-refractivity contribution in [1.82, 2.24) is 4.90 Å². The molecule has 1 amide bonds. The van der Waals surface area contributed by atoms with Crippen molar-refractivity contribution in [3.63, 3.8) is 0 Å². The first kappa shape index (κ1) is 16.5. The van der Waals surface area contributed by atoms with Gasteiger partial charge < -0.3 is 11.5 Å². The molecule has 0 saturated heterocycles. The summed E-state index contributed by atoms with van der Waals surface area (Å²) in [6, 6.07) is 4.51. The number of carbonyl (C=O) groups excluding carboxylic acids is 1. The zero-order valence-corrected chi connectivity index (χ0v) is 12.4. The molecule has 4 N–H and O–H groups in total. The molecule has 1 rings (SSSR count). The predicted molar refractivity (Wildman–Crippen MR) is 81.7 cm³/mol. The van der Waals surface area contributed by atoms with Crippen LogP contribution in [0.3, 0.4) is 0 Å². The second-order valence-electron chi connectivity index (χ2n) is 4.70. The van der Waals surface area contributed by atoms with Crippen molar-refractivity contribution < 1.29 is 9.18 Å². The Morgan fingerprint density at radius 3 is 2.65 bits per heavy atom. The number of benzene rings is 1. The minimum absolute atomic E-state index is 0.108. The van der Waals surface area contributed by atoms with Crippen LogP contribution < -0.4 is 11.5 Å². The first-order chi connectivity index (χ1) is 9.43. The molecule has 6 heteroatoms. The van der Waals surface area contributed by atoms with Crippen molar-refractivity contribution in [2.45, 2.75) is 26.3 Å². The molecule has 1 aromatic rings. The van der Waals surface area contributed by atoms with Crippen LogP contribution in [-0.4, -0.2) is 28.9 Å². The molecule has 0 saturated carbocycles. The highest BCUT2D eigenvalue weighted by Gasteiger charge is 2.12. The molecule has 0 aliphatic rings. The first-order valence-electron chi connectivity index (χ1n) is 6.53. The van der Waals surface area contributed by atoms with E-state index in [1.807, 2.05) is 4.90 Å². The van der Waals surface area contributed by atoms with Gasteiger partial charge in [0.1, 0.15) is 10.8 Å². The van der Waals surface area contributed by atoms with Crippen LogP contribution in [0.25, 0.3) is 0 Å². The molecule has 4 nitrogen and oxygen atoms in total. The van der Waals surface area contributed by atoms with Gasteiger partial charge in [-0.15, -0.1) is 0 Å². The minimum Gasteiger partial charge on any atom is -0.389 e. The fourth-order valence-corrected chi connectivity index (χ4v) is 2.03. The maximum atomic E-state index is 13.8. The molecule has 0 spiro atoms. The quantitative estimate of drug-likeness (QED) is 0.714. The predicted octanol–water partition coefficient (Wildman–Crippen LogP) is 1.55. The Morgan fingerprint density at radius 2 is 2.10 bits per heavy atom. The summed E-state index contributed by atoms with van der Waals surface area (Å²) in [6.07, 6.45) is 1.91. The van der Waals surface area contributed by atoms with Crippen LogP contribution in [0.1, 0.15) is 30.9 Å². The number of halogens is 1.